The maximum atomic E-state index is 3.34. The van der Waals surface area contributed by atoms with Crippen LogP contribution in [0, 0.1) is 0 Å². The van der Waals surface area contributed by atoms with Gasteiger partial charge in [0.1, 0.15) is 0 Å². The van der Waals surface area contributed by atoms with Crippen LogP contribution in [-0.2, 0) is 0 Å². The van der Waals surface area contributed by atoms with Crippen molar-refractivity contribution in [3.05, 3.63) is 22.9 Å². The van der Waals surface area contributed by atoms with E-state index in [1.54, 1.807) is 0 Å². The molecule has 2 nitrogen and oxygen atoms in total. The molecule has 0 aromatic carbocycles. The number of nitrogens with zero attached hydrogens (tertiary/aromatic N) is 1. The fourth-order valence-corrected chi connectivity index (χ4v) is 2.02. The maximum Gasteiger partial charge on any atom is 0.0655 e. The van der Waals surface area contributed by atoms with Gasteiger partial charge in [0.2, 0.25) is 0 Å². The molecular weight excluding hydrogens is 144 g/mol. The van der Waals surface area contributed by atoms with Crippen molar-refractivity contribution in [3.8, 4) is 0 Å². The molecule has 0 amide bonds. The van der Waals surface area contributed by atoms with Crippen LogP contribution in [-0.4, -0.2) is 24.4 Å². The Morgan fingerprint density at radius 2 is 2.60 bits per heavy atom. The number of likely N-dealkylation sites (N-methyl/N-ethyl adjacent to an activating group) is 1. The van der Waals surface area contributed by atoms with E-state index in [0.29, 0.717) is 0 Å². The van der Waals surface area contributed by atoms with Gasteiger partial charge in [-0.05, 0) is 6.08 Å². The predicted octanol–water partition coefficient (Wildman–Crippen LogP) is 0.951. The SMILES string of the molecule is CN1C=CC2=C(C1)NCS2. The van der Waals surface area contributed by atoms with E-state index in [2.05, 4.69) is 29.5 Å². The number of allylic oxidation sites excluding steroid dienone is 1. The fraction of sp³-hybridized carbons (Fsp3) is 0.429. The average molecular weight is 154 g/mol. The third-order valence-electron chi connectivity index (χ3n) is 1.70. The molecule has 0 spiro atoms. The molecule has 2 heterocycles. The molecule has 0 fully saturated rings. The monoisotopic (exact) mass is 154 g/mol. The molecule has 2 aliphatic heterocycles. The summed E-state index contributed by atoms with van der Waals surface area (Å²) in [6, 6.07) is 0. The molecule has 0 bridgehead atoms. The van der Waals surface area contributed by atoms with Gasteiger partial charge < -0.3 is 10.2 Å². The quantitative estimate of drug-likeness (QED) is 0.559. The largest absolute Gasteiger partial charge is 0.377 e. The zero-order valence-electron chi connectivity index (χ0n) is 5.92. The van der Waals surface area contributed by atoms with Crippen molar-refractivity contribution >= 4 is 11.8 Å². The summed E-state index contributed by atoms with van der Waals surface area (Å²) < 4.78 is 0. The van der Waals surface area contributed by atoms with Gasteiger partial charge in [-0.2, -0.15) is 0 Å². The Balaban J connectivity index is 2.22. The van der Waals surface area contributed by atoms with Crippen LogP contribution in [0.15, 0.2) is 22.9 Å². The molecule has 0 saturated heterocycles. The highest BCUT2D eigenvalue weighted by Gasteiger charge is 2.15. The molecule has 0 saturated carbocycles. The van der Waals surface area contributed by atoms with Crippen molar-refractivity contribution in [2.45, 2.75) is 0 Å². The first-order chi connectivity index (χ1) is 4.86. The molecule has 54 valence electrons. The van der Waals surface area contributed by atoms with Gasteiger partial charge in [0, 0.05) is 23.8 Å². The van der Waals surface area contributed by atoms with Gasteiger partial charge >= 0.3 is 0 Å². The van der Waals surface area contributed by atoms with Crippen LogP contribution < -0.4 is 5.32 Å². The summed E-state index contributed by atoms with van der Waals surface area (Å²) in [5.41, 5.74) is 1.38. The Hall–Kier alpha value is -0.570. The summed E-state index contributed by atoms with van der Waals surface area (Å²) in [6.45, 7) is 1.04. The van der Waals surface area contributed by atoms with Crippen LogP contribution in [0.25, 0.3) is 0 Å². The van der Waals surface area contributed by atoms with Crippen molar-refractivity contribution in [3.63, 3.8) is 0 Å². The van der Waals surface area contributed by atoms with Crippen LogP contribution in [0.1, 0.15) is 0 Å². The summed E-state index contributed by atoms with van der Waals surface area (Å²) in [4.78, 5) is 3.59. The second-order valence-corrected chi connectivity index (χ2v) is 3.56. The van der Waals surface area contributed by atoms with Gasteiger partial charge in [-0.3, -0.25) is 0 Å². The van der Waals surface area contributed by atoms with E-state index in [1.807, 2.05) is 11.8 Å². The number of rotatable bonds is 0. The highest BCUT2D eigenvalue weighted by molar-refractivity contribution is 8.03. The minimum absolute atomic E-state index is 1.04. The maximum absolute atomic E-state index is 3.34. The fourth-order valence-electron chi connectivity index (χ4n) is 1.15. The highest BCUT2D eigenvalue weighted by Crippen LogP contribution is 2.28. The van der Waals surface area contributed by atoms with Crippen LogP contribution in [0.4, 0.5) is 0 Å². The van der Waals surface area contributed by atoms with Crippen LogP contribution >= 0.6 is 11.8 Å². The van der Waals surface area contributed by atoms with Gasteiger partial charge in [-0.1, -0.05) is 0 Å². The number of thioether (sulfide) groups is 1. The first-order valence-corrected chi connectivity index (χ1v) is 4.33. The third kappa shape index (κ3) is 0.904. The summed E-state index contributed by atoms with van der Waals surface area (Å²) in [5, 5.41) is 3.34. The lowest BCUT2D eigenvalue weighted by Crippen LogP contribution is -2.23. The normalized spacial score (nSPS) is 23.1. The zero-order valence-corrected chi connectivity index (χ0v) is 6.74. The Kier molecular flexibility index (Phi) is 1.38. The molecule has 3 heteroatoms. The van der Waals surface area contributed by atoms with Crippen molar-refractivity contribution in [2.75, 3.05) is 19.5 Å². The minimum atomic E-state index is 1.04. The first-order valence-electron chi connectivity index (χ1n) is 3.34. The smallest absolute Gasteiger partial charge is 0.0655 e. The highest BCUT2D eigenvalue weighted by atomic mass is 32.2. The van der Waals surface area contributed by atoms with Gasteiger partial charge in [-0.25, -0.2) is 0 Å². The van der Waals surface area contributed by atoms with E-state index in [4.69, 9.17) is 0 Å². The van der Waals surface area contributed by atoms with Crippen LogP contribution in [0.5, 0.6) is 0 Å². The standard InChI is InChI=1S/C7H10N2S/c1-9-3-2-7-6(4-9)8-5-10-7/h2-3,8H,4-5H2,1H3. The summed E-state index contributed by atoms with van der Waals surface area (Å²) >= 11 is 1.88. The lowest BCUT2D eigenvalue weighted by molar-refractivity contribution is 0.479. The predicted molar refractivity (Wildman–Crippen MR) is 44.4 cm³/mol. The molecule has 0 unspecified atom stereocenters. The lowest BCUT2D eigenvalue weighted by Gasteiger charge is -2.18. The van der Waals surface area contributed by atoms with Crippen LogP contribution in [0.3, 0.4) is 0 Å². The van der Waals surface area contributed by atoms with Crippen LogP contribution in [0.2, 0.25) is 0 Å². The lowest BCUT2D eigenvalue weighted by atomic mass is 10.3. The summed E-state index contributed by atoms with van der Waals surface area (Å²) in [6.07, 6.45) is 4.29. The molecule has 0 radical (unpaired) electrons. The summed E-state index contributed by atoms with van der Waals surface area (Å²) in [7, 11) is 2.09. The van der Waals surface area contributed by atoms with E-state index in [1.165, 1.54) is 10.6 Å². The molecular formula is C7H10N2S. The molecule has 1 N–H and O–H groups in total. The van der Waals surface area contributed by atoms with Gasteiger partial charge in [0.05, 0.1) is 12.4 Å². The minimum Gasteiger partial charge on any atom is -0.377 e. The van der Waals surface area contributed by atoms with E-state index < -0.39 is 0 Å². The zero-order chi connectivity index (χ0) is 6.97. The topological polar surface area (TPSA) is 15.3 Å². The van der Waals surface area contributed by atoms with Gasteiger partial charge in [0.25, 0.3) is 0 Å². The van der Waals surface area contributed by atoms with Crippen molar-refractivity contribution < 1.29 is 0 Å². The van der Waals surface area contributed by atoms with Crippen molar-refractivity contribution in [1.29, 1.82) is 0 Å². The number of hydrogen-bond acceptors (Lipinski definition) is 3. The van der Waals surface area contributed by atoms with E-state index in [0.717, 1.165) is 12.4 Å². The van der Waals surface area contributed by atoms with Crippen molar-refractivity contribution in [1.82, 2.24) is 10.2 Å². The molecule has 0 aliphatic carbocycles. The van der Waals surface area contributed by atoms with Gasteiger partial charge in [0.15, 0.2) is 0 Å². The molecule has 0 aromatic heterocycles. The van der Waals surface area contributed by atoms with Crippen molar-refractivity contribution in [2.24, 2.45) is 0 Å². The van der Waals surface area contributed by atoms with E-state index in [9.17, 15) is 0 Å². The second-order valence-electron chi connectivity index (χ2n) is 2.54. The van der Waals surface area contributed by atoms with E-state index in [-0.39, 0.29) is 0 Å². The van der Waals surface area contributed by atoms with E-state index >= 15 is 0 Å². The molecule has 2 rings (SSSR count). The average Bonchev–Trinajstić information content (AvgIpc) is 2.33. The Labute approximate surface area is 65.0 Å². The second kappa shape index (κ2) is 2.23. The summed E-state index contributed by atoms with van der Waals surface area (Å²) in [5.74, 6) is 1.04. The molecule has 10 heavy (non-hydrogen) atoms. The molecule has 0 aromatic rings. The Morgan fingerprint density at radius 1 is 1.70 bits per heavy atom. The first kappa shape index (κ1) is 6.16. The molecule has 2 aliphatic rings. The number of hydrogen-bond donors (Lipinski definition) is 1. The Morgan fingerprint density at radius 3 is 3.50 bits per heavy atom. The Bertz CT molecular complexity index is 208. The molecule has 0 atom stereocenters. The number of nitrogens with one attached hydrogen (secondary N) is 1. The van der Waals surface area contributed by atoms with Gasteiger partial charge in [-0.15, -0.1) is 11.8 Å². The third-order valence-corrected chi connectivity index (χ3v) is 2.68.